The van der Waals surface area contributed by atoms with Gasteiger partial charge >= 0.3 is 0 Å². The predicted molar refractivity (Wildman–Crippen MR) is 58.0 cm³/mol. The van der Waals surface area contributed by atoms with Crippen LogP contribution >= 0.6 is 11.3 Å². The fraction of sp³-hybridized carbons (Fsp3) is 0.444. The number of aryl methyl sites for hydroxylation is 1. The van der Waals surface area contributed by atoms with E-state index >= 15 is 0 Å². The molecule has 1 rings (SSSR count). The van der Waals surface area contributed by atoms with Gasteiger partial charge in [0.1, 0.15) is 0 Å². The molecule has 13 heavy (non-hydrogen) atoms. The molecule has 0 saturated heterocycles. The molecule has 0 bridgehead atoms. The summed E-state index contributed by atoms with van der Waals surface area (Å²) in [7, 11) is 0. The number of thiophene rings is 1. The number of nitrogen functional groups attached to an aromatic ring is 1. The maximum Gasteiger partial charge on any atom is 0.251 e. The Balaban J connectivity index is 0.000000671. The Kier molecular flexibility index (Phi) is 5.14. The predicted octanol–water partition coefficient (Wildman–Crippen LogP) is 2.02. The minimum atomic E-state index is -0.446. The van der Waals surface area contributed by atoms with Gasteiger partial charge in [0, 0.05) is 4.88 Å². The van der Waals surface area contributed by atoms with Crippen LogP contribution in [0.25, 0.3) is 0 Å². The standard InChI is InChI=1S/C7H10N2OS.C2H6/c1-2-4-3-5(6(8)10)7(9)11-4;1-2/h3H,2,9H2,1H3,(H2,8,10);1-2H3. The van der Waals surface area contributed by atoms with Crippen LogP contribution in [0.2, 0.25) is 0 Å². The van der Waals surface area contributed by atoms with Gasteiger partial charge in [0.25, 0.3) is 5.91 Å². The lowest BCUT2D eigenvalue weighted by Gasteiger charge is -1.88. The average molecular weight is 200 g/mol. The summed E-state index contributed by atoms with van der Waals surface area (Å²) in [5, 5.41) is 0.523. The van der Waals surface area contributed by atoms with E-state index in [-0.39, 0.29) is 0 Å². The Morgan fingerprint density at radius 3 is 2.31 bits per heavy atom. The molecule has 0 aliphatic rings. The molecule has 1 aromatic rings. The summed E-state index contributed by atoms with van der Waals surface area (Å²) in [6.45, 7) is 6.01. The van der Waals surface area contributed by atoms with Crippen molar-refractivity contribution >= 4 is 22.2 Å². The van der Waals surface area contributed by atoms with Crippen molar-refractivity contribution in [3.05, 3.63) is 16.5 Å². The Labute approximate surface area is 82.7 Å². The molecular weight excluding hydrogens is 184 g/mol. The number of amides is 1. The van der Waals surface area contributed by atoms with Crippen molar-refractivity contribution in [1.29, 1.82) is 0 Å². The van der Waals surface area contributed by atoms with E-state index in [2.05, 4.69) is 0 Å². The SMILES string of the molecule is CC.CCc1cc(C(N)=O)c(N)s1. The largest absolute Gasteiger partial charge is 0.390 e. The molecule has 1 heterocycles. The highest BCUT2D eigenvalue weighted by Crippen LogP contribution is 2.24. The molecule has 0 aliphatic heterocycles. The Bertz CT molecular complexity index is 281. The molecule has 0 saturated carbocycles. The van der Waals surface area contributed by atoms with Crippen LogP contribution in [0.1, 0.15) is 36.0 Å². The van der Waals surface area contributed by atoms with Crippen molar-refractivity contribution in [2.24, 2.45) is 5.73 Å². The van der Waals surface area contributed by atoms with E-state index in [1.807, 2.05) is 20.8 Å². The number of carbonyl (C=O) groups excluding carboxylic acids is 1. The Morgan fingerprint density at radius 2 is 2.08 bits per heavy atom. The van der Waals surface area contributed by atoms with Crippen molar-refractivity contribution in [1.82, 2.24) is 0 Å². The highest BCUT2D eigenvalue weighted by molar-refractivity contribution is 7.16. The topological polar surface area (TPSA) is 69.1 Å². The van der Waals surface area contributed by atoms with Crippen LogP contribution in [-0.4, -0.2) is 5.91 Å². The van der Waals surface area contributed by atoms with Crippen LogP contribution in [-0.2, 0) is 6.42 Å². The number of rotatable bonds is 2. The zero-order chi connectivity index (χ0) is 10.4. The molecule has 0 fully saturated rings. The third-order valence-corrected chi connectivity index (χ3v) is 2.53. The minimum Gasteiger partial charge on any atom is -0.390 e. The normalized spacial score (nSPS) is 8.85. The number of hydrogen-bond donors (Lipinski definition) is 2. The zero-order valence-electron chi connectivity index (χ0n) is 8.26. The smallest absolute Gasteiger partial charge is 0.251 e. The van der Waals surface area contributed by atoms with E-state index in [0.29, 0.717) is 10.6 Å². The lowest BCUT2D eigenvalue weighted by molar-refractivity contribution is 0.100. The van der Waals surface area contributed by atoms with E-state index in [9.17, 15) is 4.79 Å². The van der Waals surface area contributed by atoms with Crippen molar-refractivity contribution in [3.63, 3.8) is 0 Å². The number of hydrogen-bond acceptors (Lipinski definition) is 3. The molecule has 1 aromatic heterocycles. The van der Waals surface area contributed by atoms with Crippen LogP contribution in [0.5, 0.6) is 0 Å². The first-order valence-corrected chi connectivity index (χ1v) is 5.14. The van der Waals surface area contributed by atoms with Gasteiger partial charge in [-0.05, 0) is 12.5 Å². The van der Waals surface area contributed by atoms with Crippen LogP contribution in [0.4, 0.5) is 5.00 Å². The van der Waals surface area contributed by atoms with Gasteiger partial charge in [-0.1, -0.05) is 20.8 Å². The maximum absolute atomic E-state index is 10.7. The summed E-state index contributed by atoms with van der Waals surface area (Å²) >= 11 is 1.42. The lowest BCUT2D eigenvalue weighted by Crippen LogP contribution is -2.11. The molecule has 4 N–H and O–H groups in total. The first-order chi connectivity index (χ1) is 6.15. The van der Waals surface area contributed by atoms with E-state index in [4.69, 9.17) is 11.5 Å². The molecule has 74 valence electrons. The molecular formula is C9H16N2OS. The van der Waals surface area contributed by atoms with Crippen molar-refractivity contribution in [3.8, 4) is 0 Å². The molecule has 3 nitrogen and oxygen atoms in total. The number of nitrogens with two attached hydrogens (primary N) is 2. The number of carbonyl (C=O) groups is 1. The van der Waals surface area contributed by atoms with E-state index in [1.165, 1.54) is 11.3 Å². The van der Waals surface area contributed by atoms with Gasteiger partial charge in [0.2, 0.25) is 0 Å². The first-order valence-electron chi connectivity index (χ1n) is 4.33. The molecule has 4 heteroatoms. The highest BCUT2D eigenvalue weighted by Gasteiger charge is 2.09. The van der Waals surface area contributed by atoms with Crippen LogP contribution in [0.3, 0.4) is 0 Å². The van der Waals surface area contributed by atoms with Gasteiger partial charge in [0.05, 0.1) is 10.6 Å². The summed E-state index contributed by atoms with van der Waals surface area (Å²) < 4.78 is 0. The zero-order valence-corrected chi connectivity index (χ0v) is 9.07. The Hall–Kier alpha value is -1.03. The van der Waals surface area contributed by atoms with E-state index < -0.39 is 5.91 Å². The first kappa shape index (κ1) is 12.0. The number of primary amides is 1. The molecule has 0 atom stereocenters. The van der Waals surface area contributed by atoms with Crippen molar-refractivity contribution in [2.45, 2.75) is 27.2 Å². The van der Waals surface area contributed by atoms with E-state index in [1.54, 1.807) is 6.07 Å². The third-order valence-electron chi connectivity index (χ3n) is 1.43. The summed E-state index contributed by atoms with van der Waals surface area (Å²) in [5.74, 6) is -0.446. The van der Waals surface area contributed by atoms with Gasteiger partial charge in [0.15, 0.2) is 0 Å². The summed E-state index contributed by atoms with van der Waals surface area (Å²) in [6, 6.07) is 1.75. The van der Waals surface area contributed by atoms with Gasteiger partial charge in [-0.15, -0.1) is 11.3 Å². The summed E-state index contributed by atoms with van der Waals surface area (Å²) in [4.78, 5) is 11.8. The second-order valence-electron chi connectivity index (χ2n) is 2.21. The monoisotopic (exact) mass is 200 g/mol. The second-order valence-corrected chi connectivity index (χ2v) is 3.38. The fourth-order valence-corrected chi connectivity index (χ4v) is 1.70. The number of anilines is 1. The van der Waals surface area contributed by atoms with E-state index in [0.717, 1.165) is 11.3 Å². The molecule has 0 spiro atoms. The van der Waals surface area contributed by atoms with Crippen LogP contribution < -0.4 is 11.5 Å². The molecule has 0 radical (unpaired) electrons. The van der Waals surface area contributed by atoms with Gasteiger partial charge in [-0.3, -0.25) is 4.79 Å². The second kappa shape index (κ2) is 5.59. The maximum atomic E-state index is 10.7. The summed E-state index contributed by atoms with van der Waals surface area (Å²) in [6.07, 6.45) is 0.891. The van der Waals surface area contributed by atoms with Gasteiger partial charge < -0.3 is 11.5 Å². The minimum absolute atomic E-state index is 0.446. The third kappa shape index (κ3) is 3.06. The van der Waals surface area contributed by atoms with Crippen molar-refractivity contribution in [2.75, 3.05) is 5.73 Å². The summed E-state index contributed by atoms with van der Waals surface area (Å²) in [5.41, 5.74) is 11.1. The van der Waals surface area contributed by atoms with Crippen LogP contribution in [0, 0.1) is 0 Å². The highest BCUT2D eigenvalue weighted by atomic mass is 32.1. The molecule has 0 aromatic carbocycles. The van der Waals surface area contributed by atoms with Crippen LogP contribution in [0.15, 0.2) is 6.07 Å². The molecule has 1 amide bonds. The molecule has 0 aliphatic carbocycles. The van der Waals surface area contributed by atoms with Crippen molar-refractivity contribution < 1.29 is 4.79 Å². The van der Waals surface area contributed by atoms with Gasteiger partial charge in [-0.2, -0.15) is 0 Å². The quantitative estimate of drug-likeness (QED) is 0.766. The Morgan fingerprint density at radius 1 is 1.54 bits per heavy atom. The van der Waals surface area contributed by atoms with Gasteiger partial charge in [-0.25, -0.2) is 0 Å². The average Bonchev–Trinajstić information content (AvgIpc) is 2.50. The molecule has 0 unspecified atom stereocenters. The fourth-order valence-electron chi connectivity index (χ4n) is 0.825. The lowest BCUT2D eigenvalue weighted by atomic mass is 10.2.